The van der Waals surface area contributed by atoms with Gasteiger partial charge in [-0.15, -0.1) is 0 Å². The van der Waals surface area contributed by atoms with Crippen LogP contribution in [0.5, 0.6) is 0 Å². The molecule has 150 valence electrons. The van der Waals surface area contributed by atoms with Gasteiger partial charge in [-0.2, -0.15) is 0 Å². The summed E-state index contributed by atoms with van der Waals surface area (Å²) < 4.78 is 11.1. The van der Waals surface area contributed by atoms with Crippen molar-refractivity contribution in [2.75, 3.05) is 13.2 Å². The van der Waals surface area contributed by atoms with Crippen LogP contribution in [0.2, 0.25) is 0 Å². The number of carbonyl (C=O) groups is 2. The van der Waals surface area contributed by atoms with Gasteiger partial charge in [0.1, 0.15) is 0 Å². The van der Waals surface area contributed by atoms with Crippen molar-refractivity contribution in [2.45, 2.75) is 80.6 Å². The lowest BCUT2D eigenvalue weighted by molar-refractivity contribution is -0.144. The third-order valence-electron chi connectivity index (χ3n) is 4.36. The van der Waals surface area contributed by atoms with Gasteiger partial charge in [-0.1, -0.05) is 61.3 Å². The Morgan fingerprint density at radius 3 is 1.77 bits per heavy atom. The van der Waals surface area contributed by atoms with Crippen LogP contribution in [0.25, 0.3) is 0 Å². The van der Waals surface area contributed by atoms with Crippen LogP contribution in [0, 0.1) is 23.2 Å². The summed E-state index contributed by atoms with van der Waals surface area (Å²) in [4.78, 5) is 25.8. The Labute approximate surface area is 159 Å². The number of hydrogen-bond donors (Lipinski definition) is 0. The van der Waals surface area contributed by atoms with Crippen molar-refractivity contribution in [1.82, 2.24) is 0 Å². The average molecular weight is 367 g/mol. The first-order valence-electron chi connectivity index (χ1n) is 10.1. The highest BCUT2D eigenvalue weighted by molar-refractivity contribution is 6.00. The maximum absolute atomic E-state index is 12.9. The van der Waals surface area contributed by atoms with Crippen LogP contribution in [0.1, 0.15) is 80.6 Å². The molecule has 0 amide bonds. The third-order valence-corrected chi connectivity index (χ3v) is 4.36. The molecular weight excluding hydrogens is 328 g/mol. The van der Waals surface area contributed by atoms with Gasteiger partial charge in [0, 0.05) is 5.57 Å². The van der Waals surface area contributed by atoms with Crippen molar-refractivity contribution in [3.63, 3.8) is 0 Å². The molecule has 0 aromatic carbocycles. The van der Waals surface area contributed by atoms with Crippen molar-refractivity contribution >= 4 is 11.9 Å². The largest absolute Gasteiger partial charge is 0.462 e. The molecule has 0 bridgehead atoms. The topological polar surface area (TPSA) is 52.6 Å². The van der Waals surface area contributed by atoms with Gasteiger partial charge in [-0.05, 0) is 42.4 Å². The van der Waals surface area contributed by atoms with Crippen LogP contribution in [0.3, 0.4) is 0 Å². The van der Waals surface area contributed by atoms with Gasteiger partial charge in [0.05, 0.1) is 18.8 Å². The van der Waals surface area contributed by atoms with Gasteiger partial charge in [0.15, 0.2) is 0 Å². The fourth-order valence-corrected chi connectivity index (χ4v) is 3.21. The van der Waals surface area contributed by atoms with Crippen LogP contribution < -0.4 is 0 Å². The molecule has 1 fully saturated rings. The van der Waals surface area contributed by atoms with E-state index in [0.29, 0.717) is 30.8 Å². The third kappa shape index (κ3) is 7.92. The molecule has 26 heavy (non-hydrogen) atoms. The van der Waals surface area contributed by atoms with Crippen LogP contribution in [0.15, 0.2) is 11.1 Å². The molecule has 0 heterocycles. The predicted octanol–water partition coefficient (Wildman–Crippen LogP) is 5.31. The molecule has 0 aliphatic heterocycles. The van der Waals surface area contributed by atoms with E-state index in [0.717, 1.165) is 25.7 Å². The van der Waals surface area contributed by atoms with Crippen LogP contribution in [-0.4, -0.2) is 25.2 Å². The van der Waals surface area contributed by atoms with Crippen LogP contribution >= 0.6 is 0 Å². The summed E-state index contributed by atoms with van der Waals surface area (Å²) in [5.41, 5.74) is 0.986. The molecule has 0 atom stereocenters. The van der Waals surface area contributed by atoms with E-state index in [1.54, 1.807) is 0 Å². The number of ether oxygens (including phenoxy) is 2. The molecule has 0 unspecified atom stereocenters. The summed E-state index contributed by atoms with van der Waals surface area (Å²) in [6, 6.07) is 0. The number of carbonyl (C=O) groups excluding carboxylic acids is 2. The summed E-state index contributed by atoms with van der Waals surface area (Å²) in [6.07, 6.45) is 4.59. The van der Waals surface area contributed by atoms with Gasteiger partial charge in [-0.25, -0.2) is 9.59 Å². The lowest BCUT2D eigenvalue weighted by atomic mass is 9.82. The fourth-order valence-electron chi connectivity index (χ4n) is 3.21. The Balaban J connectivity index is 3.24. The van der Waals surface area contributed by atoms with E-state index in [2.05, 4.69) is 20.8 Å². The molecule has 0 N–H and O–H groups in total. The summed E-state index contributed by atoms with van der Waals surface area (Å²) in [5, 5.41) is 0. The van der Waals surface area contributed by atoms with E-state index in [-0.39, 0.29) is 35.1 Å². The molecule has 0 radical (unpaired) electrons. The maximum Gasteiger partial charge on any atom is 0.334 e. The Kier molecular flexibility index (Phi) is 8.85. The predicted molar refractivity (Wildman–Crippen MR) is 105 cm³/mol. The summed E-state index contributed by atoms with van der Waals surface area (Å²) in [6.45, 7) is 15.0. The summed E-state index contributed by atoms with van der Waals surface area (Å²) in [5.74, 6) is -0.0395. The van der Waals surface area contributed by atoms with E-state index < -0.39 is 0 Å². The maximum atomic E-state index is 12.9. The molecule has 0 aromatic rings. The highest BCUT2D eigenvalue weighted by atomic mass is 16.5. The second kappa shape index (κ2) is 10.1. The first-order chi connectivity index (χ1) is 12.0. The molecule has 0 aromatic heterocycles. The van der Waals surface area contributed by atoms with Gasteiger partial charge in [0.25, 0.3) is 0 Å². The minimum Gasteiger partial charge on any atom is -0.462 e. The van der Waals surface area contributed by atoms with E-state index in [1.165, 1.54) is 0 Å². The Hall–Kier alpha value is -1.32. The van der Waals surface area contributed by atoms with Crippen molar-refractivity contribution < 1.29 is 19.1 Å². The van der Waals surface area contributed by atoms with Gasteiger partial charge < -0.3 is 9.47 Å². The molecule has 1 rings (SSSR count). The Morgan fingerprint density at radius 2 is 1.35 bits per heavy atom. The zero-order chi connectivity index (χ0) is 19.9. The second-order valence-corrected chi connectivity index (χ2v) is 9.60. The molecule has 4 heteroatoms. The zero-order valence-electron chi connectivity index (χ0n) is 17.8. The Morgan fingerprint density at radius 1 is 0.885 bits per heavy atom. The van der Waals surface area contributed by atoms with Gasteiger partial charge >= 0.3 is 11.9 Å². The van der Waals surface area contributed by atoms with Crippen molar-refractivity contribution in [3.05, 3.63) is 11.1 Å². The van der Waals surface area contributed by atoms with E-state index in [1.807, 2.05) is 27.7 Å². The fraction of sp³-hybridized carbons (Fsp3) is 0.818. The highest BCUT2D eigenvalue weighted by Gasteiger charge is 2.33. The number of rotatable bonds is 8. The minimum atomic E-state index is -0.350. The van der Waals surface area contributed by atoms with Gasteiger partial charge in [0.2, 0.25) is 0 Å². The Bertz CT molecular complexity index is 503. The standard InChI is InChI=1S/C22H38O4/c1-15(2)13-25-20(23)18(12-22(5,6)7)19(17-10-8-9-11-17)21(24)26-14-16(3)4/h15-17H,8-14H2,1-7H3/b19-18-. The average Bonchev–Trinajstić information content (AvgIpc) is 3.02. The van der Waals surface area contributed by atoms with E-state index in [4.69, 9.17) is 9.47 Å². The normalized spacial score (nSPS) is 16.8. The summed E-state index contributed by atoms with van der Waals surface area (Å²) in [7, 11) is 0. The molecular formula is C22H38O4. The monoisotopic (exact) mass is 366 g/mol. The van der Waals surface area contributed by atoms with Crippen LogP contribution in [0.4, 0.5) is 0 Å². The highest BCUT2D eigenvalue weighted by Crippen LogP contribution is 2.37. The first-order valence-corrected chi connectivity index (χ1v) is 10.1. The molecule has 0 spiro atoms. The van der Waals surface area contributed by atoms with Crippen molar-refractivity contribution in [1.29, 1.82) is 0 Å². The first kappa shape index (κ1) is 22.7. The summed E-state index contributed by atoms with van der Waals surface area (Å²) >= 11 is 0. The smallest absolute Gasteiger partial charge is 0.334 e. The lowest BCUT2D eigenvalue weighted by Gasteiger charge is -2.25. The quantitative estimate of drug-likeness (QED) is 0.431. The minimum absolute atomic E-state index is 0.110. The second-order valence-electron chi connectivity index (χ2n) is 9.60. The van der Waals surface area contributed by atoms with E-state index >= 15 is 0 Å². The molecule has 0 saturated heterocycles. The molecule has 1 saturated carbocycles. The SMILES string of the molecule is CC(C)COC(=O)/C(CC(C)(C)C)=C(\C(=O)OCC(C)C)C1CCCC1. The van der Waals surface area contributed by atoms with Crippen molar-refractivity contribution in [3.8, 4) is 0 Å². The molecule has 1 aliphatic carbocycles. The van der Waals surface area contributed by atoms with E-state index in [9.17, 15) is 9.59 Å². The number of hydrogen-bond acceptors (Lipinski definition) is 4. The van der Waals surface area contributed by atoms with Crippen molar-refractivity contribution in [2.24, 2.45) is 23.2 Å². The zero-order valence-corrected chi connectivity index (χ0v) is 17.8. The van der Waals surface area contributed by atoms with Crippen LogP contribution in [-0.2, 0) is 19.1 Å². The van der Waals surface area contributed by atoms with Gasteiger partial charge in [-0.3, -0.25) is 0 Å². The molecule has 1 aliphatic rings. The number of esters is 2. The molecule has 4 nitrogen and oxygen atoms in total. The lowest BCUT2D eigenvalue weighted by Crippen LogP contribution is -2.25.